The lowest BCUT2D eigenvalue weighted by atomic mass is 10.0. The average Bonchev–Trinajstić information content (AvgIpc) is 3.20. The molecule has 0 amide bonds. The van der Waals surface area contributed by atoms with Crippen LogP contribution in [0.1, 0.15) is 135 Å². The van der Waals surface area contributed by atoms with Crippen LogP contribution < -0.4 is 5.73 Å². The molecule has 0 radical (unpaired) electrons. The molecule has 5 heteroatoms. The van der Waals surface area contributed by atoms with Gasteiger partial charge in [-0.05, 0) is 19.3 Å². The van der Waals surface area contributed by atoms with Crippen molar-refractivity contribution < 1.29 is 14.4 Å². The maximum Gasteiger partial charge on any atom is 0.360 e. The highest BCUT2D eigenvalue weighted by Crippen LogP contribution is 2.23. The average molecular weight is 477 g/mol. The number of carbonyl (C=O) groups is 1. The minimum absolute atomic E-state index is 0.0241. The predicted molar refractivity (Wildman–Crippen MR) is 146 cm³/mol. The summed E-state index contributed by atoms with van der Waals surface area (Å²) < 4.78 is 0.172. The first-order valence-electron chi connectivity index (χ1n) is 14.2. The Hall–Kier alpha value is -1.46. The Morgan fingerprint density at radius 3 is 1.68 bits per heavy atom. The number of hydrogen-bond acceptors (Lipinski definition) is 3. The number of carboxylic acids is 1. The first-order valence-corrected chi connectivity index (χ1v) is 14.2. The summed E-state index contributed by atoms with van der Waals surface area (Å²) in [6.45, 7) is 5.62. The fourth-order valence-corrected chi connectivity index (χ4v) is 4.99. The summed E-state index contributed by atoms with van der Waals surface area (Å²) in [6.07, 6.45) is 31.6. The number of quaternary nitrogens is 1. The lowest BCUT2D eigenvalue weighted by Gasteiger charge is -2.34. The van der Waals surface area contributed by atoms with Crippen LogP contribution >= 0.6 is 0 Å². The molecule has 0 saturated carbocycles. The van der Waals surface area contributed by atoms with Crippen molar-refractivity contribution >= 4 is 11.8 Å². The van der Waals surface area contributed by atoms with Gasteiger partial charge in [0.2, 0.25) is 5.84 Å². The van der Waals surface area contributed by atoms with Gasteiger partial charge in [0.1, 0.15) is 12.4 Å². The second-order valence-electron chi connectivity index (χ2n) is 10.3. The Bertz CT molecular complexity index is 600. The molecule has 1 aliphatic heterocycles. The van der Waals surface area contributed by atoms with Gasteiger partial charge in [-0.3, -0.25) is 5.73 Å². The largest absolute Gasteiger partial charge is 0.477 e. The van der Waals surface area contributed by atoms with Gasteiger partial charge in [-0.25, -0.2) is 14.3 Å². The highest BCUT2D eigenvalue weighted by molar-refractivity contribution is 5.81. The van der Waals surface area contributed by atoms with E-state index in [1.54, 1.807) is 6.20 Å². The number of hydrogen-bond donors (Lipinski definition) is 2. The molecule has 0 aromatic rings. The number of carboxylic acid groups (broad SMARTS) is 1. The predicted octanol–water partition coefficient (Wildman–Crippen LogP) is 8.06. The summed E-state index contributed by atoms with van der Waals surface area (Å²) in [7, 11) is 0. The number of rotatable bonds is 24. The molecule has 0 aromatic carbocycles. The zero-order chi connectivity index (χ0) is 24.9. The molecule has 5 nitrogen and oxygen atoms in total. The van der Waals surface area contributed by atoms with Gasteiger partial charge < -0.3 is 5.11 Å². The van der Waals surface area contributed by atoms with E-state index < -0.39 is 5.97 Å². The van der Waals surface area contributed by atoms with Crippen LogP contribution in [0.3, 0.4) is 0 Å². The lowest BCUT2D eigenvalue weighted by Crippen LogP contribution is -2.59. The van der Waals surface area contributed by atoms with Crippen molar-refractivity contribution in [2.24, 2.45) is 10.7 Å². The van der Waals surface area contributed by atoms with Crippen LogP contribution in [0.15, 0.2) is 30.0 Å². The van der Waals surface area contributed by atoms with Crippen molar-refractivity contribution in [3.8, 4) is 0 Å². The SMILES string of the molecule is C=CCCCCCCCCCCCCCCCCCCCCC1=NC=C[N+]1(CC(=O)O)C(C)N. The maximum atomic E-state index is 11.3. The smallest absolute Gasteiger partial charge is 0.360 e. The van der Waals surface area contributed by atoms with Gasteiger partial charge in [0.15, 0.2) is 6.54 Å². The second-order valence-corrected chi connectivity index (χ2v) is 10.3. The van der Waals surface area contributed by atoms with Crippen molar-refractivity contribution in [1.29, 1.82) is 0 Å². The zero-order valence-electron chi connectivity index (χ0n) is 22.2. The number of nitrogens with two attached hydrogens (primary N) is 1. The molecule has 1 aliphatic rings. The van der Waals surface area contributed by atoms with Gasteiger partial charge in [0, 0.05) is 13.3 Å². The molecule has 0 aromatic heterocycles. The van der Waals surface area contributed by atoms with Crippen molar-refractivity contribution in [3.63, 3.8) is 0 Å². The van der Waals surface area contributed by atoms with E-state index in [1.807, 2.05) is 19.2 Å². The fourth-order valence-electron chi connectivity index (χ4n) is 4.99. The maximum absolute atomic E-state index is 11.3. The Labute approximate surface area is 210 Å². The monoisotopic (exact) mass is 476 g/mol. The van der Waals surface area contributed by atoms with Crippen LogP contribution in [0.5, 0.6) is 0 Å². The molecule has 0 aliphatic carbocycles. The number of nitrogens with zero attached hydrogens (tertiary/aromatic N) is 2. The molecule has 0 fully saturated rings. The molecule has 196 valence electrons. The molecule has 1 heterocycles. The van der Waals surface area contributed by atoms with E-state index in [-0.39, 0.29) is 17.2 Å². The van der Waals surface area contributed by atoms with Gasteiger partial charge in [-0.2, -0.15) is 0 Å². The number of unbranched alkanes of at least 4 members (excludes halogenated alkanes) is 18. The number of allylic oxidation sites excluding steroid dienone is 1. The van der Waals surface area contributed by atoms with E-state index in [0.717, 1.165) is 18.7 Å². The Morgan fingerprint density at radius 1 is 0.882 bits per heavy atom. The standard InChI is InChI=1S/C29H53N3O2/c1-3-4-5-6-7-8-9-10-11-12-13-14-15-16-17-18-19-20-21-22-23-28-31-24-25-32(28,27(2)30)26-29(33)34/h3,24-25,27H,1,4-23,26,30H2,2H3/p+1. The van der Waals surface area contributed by atoms with Gasteiger partial charge >= 0.3 is 5.97 Å². The summed E-state index contributed by atoms with van der Waals surface area (Å²) in [5.41, 5.74) is 6.12. The van der Waals surface area contributed by atoms with E-state index in [0.29, 0.717) is 0 Å². The molecule has 2 unspecified atom stereocenters. The van der Waals surface area contributed by atoms with E-state index in [1.165, 1.54) is 116 Å². The fraction of sp³-hybridized carbons (Fsp3) is 0.793. The van der Waals surface area contributed by atoms with Crippen LogP contribution in [0.25, 0.3) is 0 Å². The van der Waals surface area contributed by atoms with Crippen molar-refractivity contribution in [1.82, 2.24) is 0 Å². The van der Waals surface area contributed by atoms with E-state index in [4.69, 9.17) is 5.73 Å². The van der Waals surface area contributed by atoms with Crippen LogP contribution in [-0.2, 0) is 4.79 Å². The summed E-state index contributed by atoms with van der Waals surface area (Å²) in [5.74, 6) is 0.0641. The van der Waals surface area contributed by atoms with Crippen molar-refractivity contribution in [2.45, 2.75) is 142 Å². The lowest BCUT2D eigenvalue weighted by molar-refractivity contribution is -0.805. The molecule has 3 N–H and O–H groups in total. The third-order valence-corrected chi connectivity index (χ3v) is 7.22. The number of amidine groups is 1. The molecule has 0 spiro atoms. The molecule has 1 rings (SSSR count). The summed E-state index contributed by atoms with van der Waals surface area (Å²) in [6, 6.07) is 0. The minimum Gasteiger partial charge on any atom is -0.477 e. The van der Waals surface area contributed by atoms with Crippen LogP contribution in [0.2, 0.25) is 0 Å². The Kier molecular flexibility index (Phi) is 17.8. The molecule has 0 bridgehead atoms. The normalized spacial score (nSPS) is 18.2. The van der Waals surface area contributed by atoms with Crippen LogP contribution in [0.4, 0.5) is 0 Å². The quantitative estimate of drug-likeness (QED) is 0.0840. The molecular weight excluding hydrogens is 422 g/mol. The first kappa shape index (κ1) is 30.6. The van der Waals surface area contributed by atoms with Crippen LogP contribution in [-0.4, -0.2) is 34.1 Å². The van der Waals surface area contributed by atoms with Crippen LogP contribution in [0, 0.1) is 0 Å². The van der Waals surface area contributed by atoms with Gasteiger partial charge in [-0.1, -0.05) is 109 Å². The third kappa shape index (κ3) is 13.4. The number of aliphatic imine (C=N–C) groups is 1. The third-order valence-electron chi connectivity index (χ3n) is 7.22. The first-order chi connectivity index (χ1) is 16.5. The minimum atomic E-state index is -0.836. The molecule has 34 heavy (non-hydrogen) atoms. The highest BCUT2D eigenvalue weighted by atomic mass is 16.4. The molecule has 2 atom stereocenters. The second kappa shape index (κ2) is 19.8. The van der Waals surface area contributed by atoms with Gasteiger partial charge in [0.05, 0.1) is 6.20 Å². The van der Waals surface area contributed by atoms with E-state index >= 15 is 0 Å². The van der Waals surface area contributed by atoms with Gasteiger partial charge in [-0.15, -0.1) is 6.58 Å². The van der Waals surface area contributed by atoms with E-state index in [9.17, 15) is 9.90 Å². The van der Waals surface area contributed by atoms with E-state index in [2.05, 4.69) is 11.6 Å². The summed E-state index contributed by atoms with van der Waals surface area (Å²) in [5, 5.41) is 9.28. The zero-order valence-corrected chi connectivity index (χ0v) is 22.2. The Morgan fingerprint density at radius 2 is 1.29 bits per heavy atom. The van der Waals surface area contributed by atoms with Gasteiger partial charge in [0.25, 0.3) is 0 Å². The summed E-state index contributed by atoms with van der Waals surface area (Å²) in [4.78, 5) is 15.8. The Balaban J connectivity index is 1.88. The molecular formula is C29H54N3O2+. The molecule has 0 saturated heterocycles. The van der Waals surface area contributed by atoms with Crippen molar-refractivity contribution in [3.05, 3.63) is 25.1 Å². The summed E-state index contributed by atoms with van der Waals surface area (Å²) >= 11 is 0. The highest BCUT2D eigenvalue weighted by Gasteiger charge is 2.40. The number of aliphatic carboxylic acids is 1. The van der Waals surface area contributed by atoms with Crippen molar-refractivity contribution in [2.75, 3.05) is 6.54 Å². The topological polar surface area (TPSA) is 75.7 Å².